The molecule has 14 unspecified atom stereocenters. The summed E-state index contributed by atoms with van der Waals surface area (Å²) in [5.74, 6) is -11.2. The monoisotopic (exact) mass is 606 g/mol. The minimum Gasteiger partial charge on any atom is -0.481 e. The highest BCUT2D eigenvalue weighted by Gasteiger charge is 2.87. The molecule has 0 amide bonds. The van der Waals surface area contributed by atoms with Crippen molar-refractivity contribution in [3.8, 4) is 0 Å². The number of aliphatic carboxylic acids is 2. The second-order valence-electron chi connectivity index (χ2n) is 11.6. The third-order valence-electron chi connectivity index (χ3n) is 9.92. The van der Waals surface area contributed by atoms with Crippen molar-refractivity contribution < 1.29 is 78.2 Å². The number of carbonyl (C=O) groups excluding carboxylic acids is 2. The lowest BCUT2D eigenvalue weighted by Gasteiger charge is -2.67. The third kappa shape index (κ3) is 3.63. The van der Waals surface area contributed by atoms with Gasteiger partial charge in [-0.15, -0.1) is 0 Å². The molecule has 14 atom stereocenters. The van der Waals surface area contributed by atoms with Crippen LogP contribution in [0.1, 0.15) is 40.5 Å². The van der Waals surface area contributed by atoms with E-state index in [2.05, 4.69) is 0 Å². The molecule has 0 aromatic rings. The van der Waals surface area contributed by atoms with E-state index in [-0.39, 0.29) is 12.8 Å². The first-order chi connectivity index (χ1) is 19.5. The van der Waals surface area contributed by atoms with Gasteiger partial charge in [0.2, 0.25) is 23.8 Å². The van der Waals surface area contributed by atoms with Crippen LogP contribution in [-0.4, -0.2) is 129 Å². The molecule has 42 heavy (non-hydrogen) atoms. The summed E-state index contributed by atoms with van der Waals surface area (Å²) >= 11 is 0. The quantitative estimate of drug-likeness (QED) is 0.155. The van der Waals surface area contributed by atoms with Crippen molar-refractivity contribution in [2.24, 2.45) is 22.7 Å². The van der Waals surface area contributed by atoms with Crippen molar-refractivity contribution in [3.05, 3.63) is 0 Å². The molecule has 4 heterocycles. The molecule has 4 fully saturated rings. The fourth-order valence-corrected chi connectivity index (χ4v) is 7.47. The van der Waals surface area contributed by atoms with Crippen LogP contribution in [0.25, 0.3) is 0 Å². The molecule has 2 spiro atoms. The number of hydrogen-bond acceptors (Lipinski definition) is 14. The van der Waals surface area contributed by atoms with Gasteiger partial charge in [-0.1, -0.05) is 13.8 Å². The second-order valence-corrected chi connectivity index (χ2v) is 11.6. The van der Waals surface area contributed by atoms with Crippen LogP contribution in [0.2, 0.25) is 0 Å². The zero-order valence-electron chi connectivity index (χ0n) is 24.0. The second kappa shape index (κ2) is 10.6. The molecular formula is C26H38O16. The van der Waals surface area contributed by atoms with E-state index in [9.17, 15) is 49.8 Å². The lowest BCUT2D eigenvalue weighted by atomic mass is 9.47. The topological polar surface area (TPSA) is 245 Å². The number of aliphatic hydroxyl groups is 4. The van der Waals surface area contributed by atoms with E-state index in [1.54, 1.807) is 13.8 Å². The van der Waals surface area contributed by atoms with Gasteiger partial charge >= 0.3 is 23.9 Å². The molecule has 238 valence electrons. The minimum absolute atomic E-state index is 0.169. The van der Waals surface area contributed by atoms with Crippen molar-refractivity contribution >= 4 is 23.9 Å². The van der Waals surface area contributed by atoms with Crippen LogP contribution in [-0.2, 0) is 47.6 Å². The van der Waals surface area contributed by atoms with Crippen LogP contribution in [0.5, 0.6) is 0 Å². The first-order valence-electron chi connectivity index (χ1n) is 13.6. The predicted molar refractivity (Wildman–Crippen MR) is 132 cm³/mol. The molecule has 4 saturated heterocycles. The van der Waals surface area contributed by atoms with Crippen molar-refractivity contribution in [3.63, 3.8) is 0 Å². The number of rotatable bonds is 9. The summed E-state index contributed by atoms with van der Waals surface area (Å²) < 4.78 is 32.9. The van der Waals surface area contributed by atoms with Crippen LogP contribution >= 0.6 is 0 Å². The summed E-state index contributed by atoms with van der Waals surface area (Å²) in [6.45, 7) is 5.27. The molecule has 0 saturated carbocycles. The standard InChI is InChI=1S/C26H38O16/c1-7-9-13(27)15(29)25(21(37-5)39-9)23(3,19(35)41-25)11(17(31)32)12(18(33)34)24(4)20(36)42-26(24)16(30)14(28)10(8-2)40-22(26)38-6/h9-16,21-22,27-30H,7-8H2,1-6H3,(H,31,32)(H,33,34). The summed E-state index contributed by atoms with van der Waals surface area (Å²) in [5.41, 5.74) is -9.94. The number of carboxylic acids is 2. The van der Waals surface area contributed by atoms with E-state index in [1.807, 2.05) is 0 Å². The van der Waals surface area contributed by atoms with Gasteiger partial charge < -0.3 is 59.1 Å². The third-order valence-corrected chi connectivity index (χ3v) is 9.92. The Bertz CT molecular complexity index is 1040. The number of carbonyl (C=O) groups is 4. The zero-order valence-corrected chi connectivity index (χ0v) is 24.0. The van der Waals surface area contributed by atoms with Gasteiger partial charge in [0.15, 0.2) is 0 Å². The SMILES string of the molecule is CCC1OC(OC)C2(OC(=O)C2(C)C(C(=O)O)C(C(=O)O)C2(C)C(=O)OC23C(OC)OC(CC)C(O)C3O)C(O)C1O. The predicted octanol–water partition coefficient (Wildman–Crippen LogP) is -2.00. The zero-order chi connectivity index (χ0) is 31.7. The molecule has 0 aliphatic carbocycles. The number of aliphatic hydroxyl groups excluding tert-OH is 4. The maximum Gasteiger partial charge on any atom is 0.318 e. The molecule has 0 aromatic heterocycles. The summed E-state index contributed by atoms with van der Waals surface area (Å²) in [5, 5.41) is 65.4. The number of ether oxygens (including phenoxy) is 6. The van der Waals surface area contributed by atoms with Gasteiger partial charge in [-0.05, 0) is 26.7 Å². The normalized spacial score (nSPS) is 48.0. The van der Waals surface area contributed by atoms with Crippen molar-refractivity contribution in [2.75, 3.05) is 14.2 Å². The number of carboxylic acid groups (broad SMARTS) is 2. The average molecular weight is 607 g/mol. The van der Waals surface area contributed by atoms with Gasteiger partial charge in [0.1, 0.15) is 35.2 Å². The van der Waals surface area contributed by atoms with Gasteiger partial charge in [0.05, 0.1) is 24.0 Å². The van der Waals surface area contributed by atoms with Crippen LogP contribution in [0.4, 0.5) is 0 Å². The van der Waals surface area contributed by atoms with E-state index < -0.39 is 107 Å². The van der Waals surface area contributed by atoms with E-state index in [0.717, 1.165) is 28.1 Å². The Morgan fingerprint density at radius 1 is 0.738 bits per heavy atom. The van der Waals surface area contributed by atoms with Crippen molar-refractivity contribution in [1.82, 2.24) is 0 Å². The smallest absolute Gasteiger partial charge is 0.318 e. The summed E-state index contributed by atoms with van der Waals surface area (Å²) in [7, 11) is 2.23. The van der Waals surface area contributed by atoms with Gasteiger partial charge in [0.25, 0.3) is 0 Å². The van der Waals surface area contributed by atoms with E-state index in [1.165, 1.54) is 0 Å². The Hall–Kier alpha value is -2.44. The van der Waals surface area contributed by atoms with Crippen LogP contribution < -0.4 is 0 Å². The molecule has 4 rings (SSSR count). The van der Waals surface area contributed by atoms with E-state index in [4.69, 9.17) is 28.4 Å². The molecule has 4 aliphatic heterocycles. The minimum atomic E-state index is -2.52. The summed E-state index contributed by atoms with van der Waals surface area (Å²) in [6.07, 6.45) is -12.5. The Labute approximate surface area is 240 Å². The first-order valence-corrected chi connectivity index (χ1v) is 13.6. The van der Waals surface area contributed by atoms with E-state index >= 15 is 0 Å². The Morgan fingerprint density at radius 3 is 1.26 bits per heavy atom. The highest BCUT2D eigenvalue weighted by Crippen LogP contribution is 2.66. The van der Waals surface area contributed by atoms with Crippen molar-refractivity contribution in [1.29, 1.82) is 0 Å². The fourth-order valence-electron chi connectivity index (χ4n) is 7.47. The lowest BCUT2D eigenvalue weighted by Crippen LogP contribution is -2.87. The largest absolute Gasteiger partial charge is 0.481 e. The molecule has 4 aliphatic rings. The number of hydrogen-bond donors (Lipinski definition) is 6. The Morgan fingerprint density at radius 2 is 1.05 bits per heavy atom. The van der Waals surface area contributed by atoms with Crippen LogP contribution in [0.3, 0.4) is 0 Å². The number of esters is 2. The van der Waals surface area contributed by atoms with Gasteiger partial charge in [-0.25, -0.2) is 0 Å². The molecule has 0 radical (unpaired) electrons. The maximum atomic E-state index is 13.3. The van der Waals surface area contributed by atoms with E-state index in [0.29, 0.717) is 0 Å². The Kier molecular flexibility index (Phi) is 8.21. The molecular weight excluding hydrogens is 568 g/mol. The molecule has 0 bridgehead atoms. The Balaban J connectivity index is 1.93. The fraction of sp³-hybridized carbons (Fsp3) is 0.846. The molecule has 0 aromatic carbocycles. The van der Waals surface area contributed by atoms with Gasteiger partial charge in [-0.2, -0.15) is 0 Å². The summed E-state index contributed by atoms with van der Waals surface area (Å²) in [6, 6.07) is 0. The molecule has 16 heteroatoms. The molecule has 16 nitrogen and oxygen atoms in total. The van der Waals surface area contributed by atoms with Crippen LogP contribution in [0, 0.1) is 22.7 Å². The highest BCUT2D eigenvalue weighted by molar-refractivity contribution is 5.97. The summed E-state index contributed by atoms with van der Waals surface area (Å²) in [4.78, 5) is 52.8. The number of methoxy groups -OCH3 is 2. The van der Waals surface area contributed by atoms with Gasteiger partial charge in [0, 0.05) is 14.2 Å². The van der Waals surface area contributed by atoms with Crippen LogP contribution in [0.15, 0.2) is 0 Å². The highest BCUT2D eigenvalue weighted by atomic mass is 16.7. The first kappa shape index (κ1) is 32.5. The average Bonchev–Trinajstić information content (AvgIpc) is 2.95. The van der Waals surface area contributed by atoms with Gasteiger partial charge in [-0.3, -0.25) is 19.2 Å². The lowest BCUT2D eigenvalue weighted by molar-refractivity contribution is -0.411. The van der Waals surface area contributed by atoms with Crippen molar-refractivity contribution in [2.45, 2.75) is 101 Å². The molecule has 6 N–H and O–H groups in total. The maximum absolute atomic E-state index is 13.3.